The van der Waals surface area contributed by atoms with E-state index in [2.05, 4.69) is 10.3 Å². The molecule has 0 atom stereocenters. The molecular weight excluding hydrogens is 354 g/mol. The lowest BCUT2D eigenvalue weighted by Crippen LogP contribution is -2.26. The zero-order valence-electron chi connectivity index (χ0n) is 15.0. The van der Waals surface area contributed by atoms with Crippen LogP contribution >= 0.6 is 11.3 Å². The monoisotopic (exact) mass is 373 g/mol. The number of aromatic nitrogens is 1. The van der Waals surface area contributed by atoms with Gasteiger partial charge in [0.2, 0.25) is 0 Å². The fourth-order valence-electron chi connectivity index (χ4n) is 2.62. The highest BCUT2D eigenvalue weighted by Crippen LogP contribution is 2.21. The van der Waals surface area contributed by atoms with E-state index in [-0.39, 0.29) is 11.5 Å². The molecule has 0 aliphatic rings. The predicted octanol–water partition coefficient (Wildman–Crippen LogP) is 4.38. The molecule has 2 aromatic carbocycles. The summed E-state index contributed by atoms with van der Waals surface area (Å²) in [6.07, 6.45) is 2.30. The van der Waals surface area contributed by atoms with Crippen molar-refractivity contribution >= 4 is 23.3 Å². The predicted molar refractivity (Wildman–Crippen MR) is 109 cm³/mol. The molecule has 0 aliphatic heterocycles. The lowest BCUT2D eigenvalue weighted by Gasteiger charge is -2.06. The molecule has 1 aromatic heterocycles. The second-order valence-corrected chi connectivity index (χ2v) is 7.10. The van der Waals surface area contributed by atoms with Crippen LogP contribution < -0.4 is 5.32 Å². The van der Waals surface area contributed by atoms with E-state index in [1.165, 1.54) is 0 Å². The molecule has 0 bridgehead atoms. The van der Waals surface area contributed by atoms with Crippen LogP contribution in [0, 0.1) is 18.3 Å². The fraction of sp³-hybridized carbons (Fsp3) is 0.136. The summed E-state index contributed by atoms with van der Waals surface area (Å²) in [5.74, 6) is -0.351. The van der Waals surface area contributed by atoms with Crippen molar-refractivity contribution in [1.82, 2.24) is 10.3 Å². The van der Waals surface area contributed by atoms with Crippen LogP contribution in [0.15, 0.2) is 65.6 Å². The van der Waals surface area contributed by atoms with Crippen molar-refractivity contribution in [3.05, 3.63) is 81.7 Å². The van der Waals surface area contributed by atoms with Gasteiger partial charge in [-0.2, -0.15) is 5.26 Å². The molecule has 0 unspecified atom stereocenters. The maximum absolute atomic E-state index is 12.2. The number of nitrogens with one attached hydrogen (secondary N) is 1. The van der Waals surface area contributed by atoms with Crippen molar-refractivity contribution in [2.45, 2.75) is 13.3 Å². The smallest absolute Gasteiger partial charge is 0.261 e. The number of hydrogen-bond donors (Lipinski definition) is 1. The van der Waals surface area contributed by atoms with Crippen LogP contribution in [0.5, 0.6) is 0 Å². The molecule has 1 N–H and O–H groups in total. The van der Waals surface area contributed by atoms with E-state index in [9.17, 15) is 10.1 Å². The summed E-state index contributed by atoms with van der Waals surface area (Å²) >= 11 is 1.64. The maximum atomic E-state index is 12.2. The number of carbonyl (C=O) groups excluding carboxylic acids is 1. The van der Waals surface area contributed by atoms with Gasteiger partial charge in [-0.05, 0) is 30.5 Å². The second kappa shape index (κ2) is 8.93. The molecular formula is C22H19N3OS. The summed E-state index contributed by atoms with van der Waals surface area (Å²) in [5, 5.41) is 15.1. The third-order valence-corrected chi connectivity index (χ3v) is 4.82. The van der Waals surface area contributed by atoms with Gasteiger partial charge in [0.1, 0.15) is 11.6 Å². The second-order valence-electron chi connectivity index (χ2n) is 6.04. The van der Waals surface area contributed by atoms with E-state index >= 15 is 0 Å². The van der Waals surface area contributed by atoms with Crippen LogP contribution in [-0.4, -0.2) is 17.4 Å². The molecule has 3 rings (SSSR count). The van der Waals surface area contributed by atoms with Gasteiger partial charge in [0.05, 0.1) is 10.7 Å². The minimum Gasteiger partial charge on any atom is -0.351 e. The SMILES string of the molecule is Cc1nc(-c2ccc(CCNC(=O)/C(C#N)=C/c3ccccc3)cc2)cs1. The van der Waals surface area contributed by atoms with Gasteiger partial charge in [-0.25, -0.2) is 4.98 Å². The molecule has 3 aromatic rings. The molecule has 0 aliphatic carbocycles. The van der Waals surface area contributed by atoms with Crippen LogP contribution in [0.1, 0.15) is 16.1 Å². The standard InChI is InChI=1S/C22H19N3OS/c1-16-25-21(15-27-16)19-9-7-17(8-10-19)11-12-24-22(26)20(14-23)13-18-5-3-2-4-6-18/h2-10,13,15H,11-12H2,1H3,(H,24,26)/b20-13+. The highest BCUT2D eigenvalue weighted by molar-refractivity contribution is 7.09. The van der Waals surface area contributed by atoms with Crippen LogP contribution in [0.2, 0.25) is 0 Å². The van der Waals surface area contributed by atoms with Gasteiger partial charge in [0.15, 0.2) is 0 Å². The Morgan fingerprint density at radius 3 is 2.56 bits per heavy atom. The number of nitrogens with zero attached hydrogens (tertiary/aromatic N) is 2. The third-order valence-electron chi connectivity index (χ3n) is 4.04. The van der Waals surface area contributed by atoms with Gasteiger partial charge in [-0.3, -0.25) is 4.79 Å². The summed E-state index contributed by atoms with van der Waals surface area (Å²) in [4.78, 5) is 16.7. The fourth-order valence-corrected chi connectivity index (χ4v) is 3.24. The van der Waals surface area contributed by atoms with Crippen LogP contribution in [0.3, 0.4) is 0 Å². The van der Waals surface area contributed by atoms with Gasteiger partial charge >= 0.3 is 0 Å². The average Bonchev–Trinajstić information content (AvgIpc) is 3.13. The first kappa shape index (κ1) is 18.6. The number of nitriles is 1. The Hall–Kier alpha value is -3.23. The lowest BCUT2D eigenvalue weighted by molar-refractivity contribution is -0.117. The van der Waals surface area contributed by atoms with E-state index in [0.717, 1.165) is 27.4 Å². The Kier molecular flexibility index (Phi) is 6.14. The van der Waals surface area contributed by atoms with Crippen molar-refractivity contribution < 1.29 is 4.79 Å². The molecule has 0 saturated carbocycles. The Balaban J connectivity index is 1.55. The summed E-state index contributed by atoms with van der Waals surface area (Å²) in [6.45, 7) is 2.47. The zero-order valence-corrected chi connectivity index (χ0v) is 15.8. The van der Waals surface area contributed by atoms with Crippen LogP contribution in [0.4, 0.5) is 0 Å². The van der Waals surface area contributed by atoms with E-state index < -0.39 is 0 Å². The van der Waals surface area contributed by atoms with Gasteiger partial charge in [-0.15, -0.1) is 11.3 Å². The van der Waals surface area contributed by atoms with E-state index in [1.54, 1.807) is 17.4 Å². The van der Waals surface area contributed by atoms with Gasteiger partial charge < -0.3 is 5.32 Å². The van der Waals surface area contributed by atoms with Crippen LogP contribution in [0.25, 0.3) is 17.3 Å². The third kappa shape index (κ3) is 5.13. The van der Waals surface area contributed by atoms with Crippen molar-refractivity contribution in [3.63, 3.8) is 0 Å². The van der Waals surface area contributed by atoms with Crippen molar-refractivity contribution in [2.24, 2.45) is 0 Å². The minimum atomic E-state index is -0.351. The molecule has 1 heterocycles. The van der Waals surface area contributed by atoms with Gasteiger partial charge in [0, 0.05) is 17.5 Å². The first-order valence-electron chi connectivity index (χ1n) is 8.62. The minimum absolute atomic E-state index is 0.107. The molecule has 0 saturated heterocycles. The average molecular weight is 373 g/mol. The topological polar surface area (TPSA) is 65.8 Å². The largest absolute Gasteiger partial charge is 0.351 e. The van der Waals surface area contributed by atoms with Crippen LogP contribution in [-0.2, 0) is 11.2 Å². The number of aryl methyl sites for hydroxylation is 1. The van der Waals surface area contributed by atoms with E-state index in [1.807, 2.05) is 73.0 Å². The molecule has 134 valence electrons. The number of rotatable bonds is 6. The van der Waals surface area contributed by atoms with Crippen molar-refractivity contribution in [1.29, 1.82) is 5.26 Å². The number of hydrogen-bond acceptors (Lipinski definition) is 4. The number of amides is 1. The molecule has 0 spiro atoms. The number of carbonyl (C=O) groups is 1. The summed E-state index contributed by atoms with van der Waals surface area (Å²) < 4.78 is 0. The van der Waals surface area contributed by atoms with E-state index in [4.69, 9.17) is 0 Å². The highest BCUT2D eigenvalue weighted by atomic mass is 32.1. The number of benzene rings is 2. The first-order chi connectivity index (χ1) is 13.2. The zero-order chi connectivity index (χ0) is 19.1. The number of thiazole rings is 1. The Labute approximate surface area is 162 Å². The summed E-state index contributed by atoms with van der Waals surface area (Å²) in [5.41, 5.74) is 4.14. The molecule has 5 heteroatoms. The first-order valence-corrected chi connectivity index (χ1v) is 9.50. The summed E-state index contributed by atoms with van der Waals surface area (Å²) in [7, 11) is 0. The normalized spacial score (nSPS) is 11.0. The molecule has 4 nitrogen and oxygen atoms in total. The quantitative estimate of drug-likeness (QED) is 0.515. The van der Waals surface area contributed by atoms with Gasteiger partial charge in [0.25, 0.3) is 5.91 Å². The Morgan fingerprint density at radius 2 is 1.93 bits per heavy atom. The van der Waals surface area contributed by atoms with Gasteiger partial charge in [-0.1, -0.05) is 54.6 Å². The lowest BCUT2D eigenvalue weighted by atomic mass is 10.1. The molecule has 27 heavy (non-hydrogen) atoms. The summed E-state index contributed by atoms with van der Waals surface area (Å²) in [6, 6.07) is 19.5. The molecule has 1 amide bonds. The highest BCUT2D eigenvalue weighted by Gasteiger charge is 2.08. The molecule has 0 radical (unpaired) electrons. The Morgan fingerprint density at radius 1 is 1.19 bits per heavy atom. The Bertz CT molecular complexity index is 982. The molecule has 0 fully saturated rings. The van der Waals surface area contributed by atoms with E-state index in [0.29, 0.717) is 13.0 Å². The van der Waals surface area contributed by atoms with Crippen molar-refractivity contribution in [2.75, 3.05) is 6.54 Å². The van der Waals surface area contributed by atoms with Crippen molar-refractivity contribution in [3.8, 4) is 17.3 Å². The maximum Gasteiger partial charge on any atom is 0.261 e.